The van der Waals surface area contributed by atoms with Crippen LogP contribution in [0.1, 0.15) is 11.5 Å². The highest BCUT2D eigenvalue weighted by molar-refractivity contribution is 7.99. The summed E-state index contributed by atoms with van der Waals surface area (Å²) in [5.41, 5.74) is 1.11. The average molecular weight is 312 g/mol. The SMILES string of the molecule is O=C([C@@H]1CSc2ccccc21)N1CCN(CC(F)F)CC1. The van der Waals surface area contributed by atoms with E-state index in [1.807, 2.05) is 29.2 Å². The van der Waals surface area contributed by atoms with Gasteiger partial charge < -0.3 is 4.90 Å². The number of amides is 1. The molecule has 0 spiro atoms. The number of carbonyl (C=O) groups excluding carboxylic acids is 1. The van der Waals surface area contributed by atoms with E-state index in [4.69, 9.17) is 0 Å². The van der Waals surface area contributed by atoms with Crippen molar-refractivity contribution >= 4 is 17.7 Å². The summed E-state index contributed by atoms with van der Waals surface area (Å²) in [7, 11) is 0. The van der Waals surface area contributed by atoms with Crippen LogP contribution in [0.15, 0.2) is 29.2 Å². The molecule has 3 nitrogen and oxygen atoms in total. The van der Waals surface area contributed by atoms with Crippen LogP contribution < -0.4 is 0 Å². The number of nitrogens with zero attached hydrogens (tertiary/aromatic N) is 2. The van der Waals surface area contributed by atoms with Crippen molar-refractivity contribution in [1.29, 1.82) is 0 Å². The Bertz CT molecular complexity index is 518. The van der Waals surface area contributed by atoms with Crippen LogP contribution in [0.5, 0.6) is 0 Å². The van der Waals surface area contributed by atoms with Gasteiger partial charge in [-0.15, -0.1) is 11.8 Å². The van der Waals surface area contributed by atoms with Gasteiger partial charge in [0.2, 0.25) is 5.91 Å². The maximum Gasteiger partial charge on any atom is 0.251 e. The minimum absolute atomic E-state index is 0.0761. The number of hydrogen-bond acceptors (Lipinski definition) is 3. The van der Waals surface area contributed by atoms with Gasteiger partial charge in [0.25, 0.3) is 6.43 Å². The van der Waals surface area contributed by atoms with E-state index in [1.165, 1.54) is 4.90 Å². The summed E-state index contributed by atoms with van der Waals surface area (Å²) in [6.45, 7) is 1.99. The summed E-state index contributed by atoms with van der Waals surface area (Å²) in [4.78, 5) is 17.4. The molecule has 1 atom stereocenters. The first-order valence-corrected chi connectivity index (χ1v) is 8.14. The van der Waals surface area contributed by atoms with Crippen LogP contribution in [-0.2, 0) is 4.79 Å². The van der Waals surface area contributed by atoms with Crippen LogP contribution >= 0.6 is 11.8 Å². The summed E-state index contributed by atoms with van der Waals surface area (Å²) in [6, 6.07) is 8.02. The van der Waals surface area contributed by atoms with E-state index in [0.717, 1.165) is 11.3 Å². The molecule has 6 heteroatoms. The summed E-state index contributed by atoms with van der Waals surface area (Å²) >= 11 is 1.72. The number of piperazine rings is 1. The lowest BCUT2D eigenvalue weighted by Crippen LogP contribution is -2.50. The van der Waals surface area contributed by atoms with E-state index >= 15 is 0 Å². The van der Waals surface area contributed by atoms with Gasteiger partial charge in [0.05, 0.1) is 12.5 Å². The van der Waals surface area contributed by atoms with Crippen LogP contribution in [-0.4, -0.2) is 60.6 Å². The van der Waals surface area contributed by atoms with Gasteiger partial charge in [-0.1, -0.05) is 18.2 Å². The molecular weight excluding hydrogens is 294 g/mol. The van der Waals surface area contributed by atoms with Gasteiger partial charge in [0, 0.05) is 36.8 Å². The molecule has 0 aliphatic carbocycles. The summed E-state index contributed by atoms with van der Waals surface area (Å²) in [5.74, 6) is 0.854. The van der Waals surface area contributed by atoms with E-state index in [-0.39, 0.29) is 18.4 Å². The Morgan fingerprint density at radius 1 is 1.24 bits per heavy atom. The molecule has 0 unspecified atom stereocenters. The van der Waals surface area contributed by atoms with Crippen LogP contribution in [0.25, 0.3) is 0 Å². The van der Waals surface area contributed by atoms with Crippen molar-refractivity contribution in [3.63, 3.8) is 0 Å². The third-order valence-corrected chi connectivity index (χ3v) is 5.26. The third-order valence-electron chi connectivity index (χ3n) is 4.08. The molecule has 114 valence electrons. The number of hydrogen-bond donors (Lipinski definition) is 0. The fraction of sp³-hybridized carbons (Fsp3) is 0.533. The Hall–Kier alpha value is -1.14. The normalized spacial score (nSPS) is 22.6. The third kappa shape index (κ3) is 3.21. The molecule has 0 radical (unpaired) electrons. The van der Waals surface area contributed by atoms with Crippen molar-refractivity contribution in [1.82, 2.24) is 9.80 Å². The molecule has 2 aliphatic rings. The molecule has 1 fully saturated rings. The standard InChI is InChI=1S/C15H18F2N2OS/c16-14(17)9-18-5-7-19(8-6-18)15(20)12-10-21-13-4-2-1-3-11(12)13/h1-4,12,14H,5-10H2/t12-/m1/s1. The van der Waals surface area contributed by atoms with Crippen molar-refractivity contribution in [3.8, 4) is 0 Å². The topological polar surface area (TPSA) is 23.6 Å². The molecule has 1 amide bonds. The Labute approximate surface area is 127 Å². The zero-order valence-electron chi connectivity index (χ0n) is 11.7. The van der Waals surface area contributed by atoms with E-state index in [9.17, 15) is 13.6 Å². The lowest BCUT2D eigenvalue weighted by Gasteiger charge is -2.35. The largest absolute Gasteiger partial charge is 0.340 e. The summed E-state index contributed by atoms with van der Waals surface area (Å²) in [6.07, 6.45) is -2.30. The molecular formula is C15H18F2N2OS. The number of carbonyl (C=O) groups is 1. The van der Waals surface area contributed by atoms with Gasteiger partial charge in [0.1, 0.15) is 0 Å². The number of halogens is 2. The van der Waals surface area contributed by atoms with Gasteiger partial charge >= 0.3 is 0 Å². The molecule has 0 aromatic heterocycles. The minimum Gasteiger partial charge on any atom is -0.340 e. The molecule has 0 saturated carbocycles. The zero-order chi connectivity index (χ0) is 14.8. The Morgan fingerprint density at radius 3 is 2.67 bits per heavy atom. The Balaban J connectivity index is 1.61. The van der Waals surface area contributed by atoms with Gasteiger partial charge in [0.15, 0.2) is 0 Å². The second-order valence-corrected chi connectivity index (χ2v) is 6.48. The predicted molar refractivity (Wildman–Crippen MR) is 78.9 cm³/mol. The Morgan fingerprint density at radius 2 is 1.95 bits per heavy atom. The van der Waals surface area contributed by atoms with Crippen LogP contribution in [0, 0.1) is 0 Å². The number of thioether (sulfide) groups is 1. The first kappa shape index (κ1) is 14.8. The molecule has 1 aromatic carbocycles. The zero-order valence-corrected chi connectivity index (χ0v) is 12.5. The molecule has 2 heterocycles. The highest BCUT2D eigenvalue weighted by Gasteiger charge is 2.33. The van der Waals surface area contributed by atoms with Crippen molar-refractivity contribution in [2.24, 2.45) is 0 Å². The smallest absolute Gasteiger partial charge is 0.251 e. The lowest BCUT2D eigenvalue weighted by molar-refractivity contribution is -0.134. The van der Waals surface area contributed by atoms with Crippen molar-refractivity contribution < 1.29 is 13.6 Å². The first-order valence-electron chi connectivity index (χ1n) is 7.16. The number of alkyl halides is 2. The number of rotatable bonds is 3. The van der Waals surface area contributed by atoms with Gasteiger partial charge in [-0.2, -0.15) is 0 Å². The summed E-state index contributed by atoms with van der Waals surface area (Å²) < 4.78 is 24.7. The second-order valence-electron chi connectivity index (χ2n) is 5.42. The maximum absolute atomic E-state index is 12.6. The quantitative estimate of drug-likeness (QED) is 0.855. The van der Waals surface area contributed by atoms with Gasteiger partial charge in [-0.3, -0.25) is 9.69 Å². The van der Waals surface area contributed by atoms with E-state index < -0.39 is 6.43 Å². The fourth-order valence-corrected chi connectivity index (χ4v) is 4.15. The van der Waals surface area contributed by atoms with E-state index in [0.29, 0.717) is 26.2 Å². The first-order chi connectivity index (χ1) is 10.1. The highest BCUT2D eigenvalue weighted by Crippen LogP contribution is 2.40. The summed E-state index contributed by atoms with van der Waals surface area (Å²) in [5, 5.41) is 0. The van der Waals surface area contributed by atoms with Gasteiger partial charge in [-0.25, -0.2) is 8.78 Å². The van der Waals surface area contributed by atoms with E-state index in [1.54, 1.807) is 16.7 Å². The Kier molecular flexibility index (Phi) is 4.45. The molecule has 1 saturated heterocycles. The number of fused-ring (bicyclic) bond motifs is 1. The van der Waals surface area contributed by atoms with E-state index in [2.05, 4.69) is 0 Å². The van der Waals surface area contributed by atoms with Crippen LogP contribution in [0.2, 0.25) is 0 Å². The minimum atomic E-state index is -2.30. The molecule has 21 heavy (non-hydrogen) atoms. The molecule has 3 rings (SSSR count). The molecule has 1 aromatic rings. The highest BCUT2D eigenvalue weighted by atomic mass is 32.2. The monoisotopic (exact) mass is 312 g/mol. The maximum atomic E-state index is 12.6. The molecule has 0 bridgehead atoms. The molecule has 2 aliphatic heterocycles. The molecule has 0 N–H and O–H groups in total. The van der Waals surface area contributed by atoms with Gasteiger partial charge in [-0.05, 0) is 11.6 Å². The fourth-order valence-electron chi connectivity index (χ4n) is 2.93. The second kappa shape index (κ2) is 6.32. The van der Waals surface area contributed by atoms with Crippen molar-refractivity contribution in [2.45, 2.75) is 17.2 Å². The lowest BCUT2D eigenvalue weighted by atomic mass is 9.99. The van der Waals surface area contributed by atoms with Crippen LogP contribution in [0.4, 0.5) is 8.78 Å². The van der Waals surface area contributed by atoms with Crippen LogP contribution in [0.3, 0.4) is 0 Å². The number of benzene rings is 1. The van der Waals surface area contributed by atoms with Crippen molar-refractivity contribution in [2.75, 3.05) is 38.5 Å². The predicted octanol–water partition coefficient (Wildman–Crippen LogP) is 2.29. The van der Waals surface area contributed by atoms with Crippen molar-refractivity contribution in [3.05, 3.63) is 29.8 Å². The average Bonchev–Trinajstić information content (AvgIpc) is 2.90.